The average molecular weight is 732 g/mol. The van der Waals surface area contributed by atoms with E-state index in [4.69, 9.17) is 42.0 Å². The zero-order valence-corrected chi connectivity index (χ0v) is 29.6. The van der Waals surface area contributed by atoms with Crippen LogP contribution in [0.5, 0.6) is 0 Å². The molecule has 8 nitrogen and oxygen atoms in total. The number of rotatable bonds is 6. The lowest BCUT2D eigenvalue weighted by Gasteiger charge is -2.45. The van der Waals surface area contributed by atoms with E-state index >= 15 is 0 Å². The van der Waals surface area contributed by atoms with E-state index in [0.717, 1.165) is 64.4 Å². The van der Waals surface area contributed by atoms with Crippen LogP contribution in [0, 0.1) is 0 Å². The zero-order chi connectivity index (χ0) is 35.5. The summed E-state index contributed by atoms with van der Waals surface area (Å²) in [6.07, 6.45) is 3.84. The van der Waals surface area contributed by atoms with Crippen LogP contribution in [0.1, 0.15) is 22.3 Å². The fraction of sp³-hybridized carbons (Fsp3) is 0.0698. The van der Waals surface area contributed by atoms with Gasteiger partial charge in [-0.3, -0.25) is 9.98 Å². The summed E-state index contributed by atoms with van der Waals surface area (Å²) in [6.45, 7) is 2.52. The van der Waals surface area contributed by atoms with Gasteiger partial charge in [0.05, 0.1) is 18.0 Å². The maximum atomic E-state index is 6.11. The highest BCUT2D eigenvalue weighted by molar-refractivity contribution is 6.31. The molecule has 0 saturated carbocycles. The Morgan fingerprint density at radius 1 is 0.528 bits per heavy atom. The molecule has 256 valence electrons. The summed E-state index contributed by atoms with van der Waals surface area (Å²) >= 11 is 12.2. The van der Waals surface area contributed by atoms with E-state index in [2.05, 4.69) is 56.2 Å². The van der Waals surface area contributed by atoms with Crippen molar-refractivity contribution in [2.24, 2.45) is 9.98 Å². The normalized spacial score (nSPS) is 13.8. The predicted octanol–water partition coefficient (Wildman–Crippen LogP) is 11.4. The summed E-state index contributed by atoms with van der Waals surface area (Å²) in [5.74, 6) is 1.11. The SMILES string of the molecule is Clc1ccc2oc(-c3ccc(/N=C/c4ccc5c(c4)CN4CN5Cc5cc(/C=N/c6ccc(-c7nc8cc(Cl)ccc8o7)cc6)ccc54)cc3)nc2c1. The monoisotopic (exact) mass is 730 g/mol. The molecule has 10 heteroatoms. The molecule has 0 N–H and O–H groups in total. The van der Waals surface area contributed by atoms with Crippen LogP contribution in [0.25, 0.3) is 45.1 Å². The Balaban J connectivity index is 0.812. The molecular weight excluding hydrogens is 703 g/mol. The zero-order valence-electron chi connectivity index (χ0n) is 28.1. The minimum absolute atomic E-state index is 0.557. The number of anilines is 2. The average Bonchev–Trinajstić information content (AvgIpc) is 3.80. The van der Waals surface area contributed by atoms with Crippen LogP contribution in [0.4, 0.5) is 22.7 Å². The van der Waals surface area contributed by atoms with Gasteiger partial charge < -0.3 is 18.6 Å². The molecule has 4 heterocycles. The van der Waals surface area contributed by atoms with Gasteiger partial charge in [-0.1, -0.05) is 35.3 Å². The van der Waals surface area contributed by atoms with Gasteiger partial charge in [-0.15, -0.1) is 0 Å². The lowest BCUT2D eigenvalue weighted by Crippen LogP contribution is -2.46. The summed E-state index contributed by atoms with van der Waals surface area (Å²) < 4.78 is 11.8. The van der Waals surface area contributed by atoms with Gasteiger partial charge in [0.2, 0.25) is 11.8 Å². The van der Waals surface area contributed by atoms with E-state index in [1.807, 2.05) is 73.1 Å². The first-order valence-electron chi connectivity index (χ1n) is 17.1. The number of nitrogens with zero attached hydrogens (tertiary/aromatic N) is 6. The van der Waals surface area contributed by atoms with Crippen LogP contribution in [0.3, 0.4) is 0 Å². The maximum absolute atomic E-state index is 6.11. The number of fused-ring (bicyclic) bond motifs is 8. The number of hydrogen-bond donors (Lipinski definition) is 0. The first-order valence-corrected chi connectivity index (χ1v) is 17.9. The van der Waals surface area contributed by atoms with Crippen LogP contribution < -0.4 is 9.80 Å². The Morgan fingerprint density at radius 3 is 1.43 bits per heavy atom. The van der Waals surface area contributed by atoms with Gasteiger partial charge in [0.1, 0.15) is 11.0 Å². The third-order valence-electron chi connectivity index (χ3n) is 9.61. The molecule has 0 amide bonds. The minimum Gasteiger partial charge on any atom is -0.436 e. The molecule has 10 rings (SSSR count). The summed E-state index contributed by atoms with van der Waals surface area (Å²) in [5, 5.41) is 1.27. The van der Waals surface area contributed by atoms with Crippen molar-refractivity contribution < 1.29 is 8.83 Å². The number of oxazole rings is 2. The van der Waals surface area contributed by atoms with E-state index in [0.29, 0.717) is 33.0 Å². The van der Waals surface area contributed by atoms with E-state index in [-0.39, 0.29) is 0 Å². The van der Waals surface area contributed by atoms with Crippen LogP contribution in [0.15, 0.2) is 140 Å². The molecule has 0 unspecified atom stereocenters. The highest BCUT2D eigenvalue weighted by Crippen LogP contribution is 2.39. The summed E-state index contributed by atoms with van der Waals surface area (Å²) in [6, 6.07) is 39.8. The minimum atomic E-state index is 0.557. The standard InChI is InChI=1S/C43H28Cl2N6O2/c44-32-7-15-40-36(19-32)48-42(52-40)28-3-9-34(10-4-28)46-21-26-1-13-38-30(17-26)23-51-25-50(38)24-31-18-27(2-14-39(31)51)22-47-35-11-5-29(6-12-35)43-49-37-20-33(45)8-16-41(37)53-43/h1-22H,23-25H2/b46-21+,47-22+. The van der Waals surface area contributed by atoms with E-state index in [1.54, 1.807) is 24.3 Å². The molecule has 2 aliphatic heterocycles. The molecular formula is C43H28Cl2N6O2. The number of hydrogen-bond acceptors (Lipinski definition) is 8. The van der Waals surface area contributed by atoms with Crippen LogP contribution in [-0.2, 0) is 13.1 Å². The molecule has 2 bridgehead atoms. The molecule has 53 heavy (non-hydrogen) atoms. The molecule has 2 aromatic heterocycles. The highest BCUT2D eigenvalue weighted by Gasteiger charge is 2.29. The smallest absolute Gasteiger partial charge is 0.227 e. The Kier molecular flexibility index (Phi) is 7.59. The van der Waals surface area contributed by atoms with Crippen molar-refractivity contribution in [3.63, 3.8) is 0 Å². The Bertz CT molecular complexity index is 2560. The third-order valence-corrected chi connectivity index (χ3v) is 10.1. The molecule has 0 saturated heterocycles. The van der Waals surface area contributed by atoms with Gasteiger partial charge in [0, 0.05) is 58.1 Å². The van der Waals surface area contributed by atoms with Gasteiger partial charge in [-0.05, 0) is 131 Å². The fourth-order valence-electron chi connectivity index (χ4n) is 7.01. The van der Waals surface area contributed by atoms with E-state index < -0.39 is 0 Å². The molecule has 0 atom stereocenters. The van der Waals surface area contributed by atoms with Crippen molar-refractivity contribution in [1.82, 2.24) is 9.97 Å². The van der Waals surface area contributed by atoms with Crippen molar-refractivity contribution in [2.45, 2.75) is 13.1 Å². The maximum Gasteiger partial charge on any atom is 0.227 e. The van der Waals surface area contributed by atoms with Crippen molar-refractivity contribution >= 4 is 80.6 Å². The lowest BCUT2D eigenvalue weighted by atomic mass is 9.99. The lowest BCUT2D eigenvalue weighted by molar-refractivity contribution is 0.619. The number of benzene rings is 6. The second-order valence-corrected chi connectivity index (χ2v) is 14.1. The van der Waals surface area contributed by atoms with Gasteiger partial charge in [0.15, 0.2) is 11.2 Å². The molecule has 8 aromatic rings. The quantitative estimate of drug-likeness (QED) is 0.158. The van der Waals surface area contributed by atoms with Gasteiger partial charge in [-0.25, -0.2) is 9.97 Å². The largest absolute Gasteiger partial charge is 0.436 e. The van der Waals surface area contributed by atoms with Crippen LogP contribution in [0.2, 0.25) is 10.0 Å². The number of aliphatic imine (C=N–C) groups is 2. The molecule has 2 aliphatic rings. The molecule has 0 fully saturated rings. The Labute approximate surface area is 314 Å². The predicted molar refractivity (Wildman–Crippen MR) is 214 cm³/mol. The van der Waals surface area contributed by atoms with Gasteiger partial charge >= 0.3 is 0 Å². The summed E-state index contributed by atoms with van der Waals surface area (Å²) in [5.41, 5.74) is 13.6. The van der Waals surface area contributed by atoms with Crippen molar-refractivity contribution in [2.75, 3.05) is 16.5 Å². The first-order chi connectivity index (χ1) is 26.0. The second kappa shape index (κ2) is 12.8. The van der Waals surface area contributed by atoms with Gasteiger partial charge in [-0.2, -0.15) is 0 Å². The van der Waals surface area contributed by atoms with Crippen molar-refractivity contribution in [3.8, 4) is 22.9 Å². The Morgan fingerprint density at radius 2 is 0.981 bits per heavy atom. The fourth-order valence-corrected chi connectivity index (χ4v) is 7.34. The van der Waals surface area contributed by atoms with E-state index in [9.17, 15) is 0 Å². The number of halogens is 2. The molecule has 0 spiro atoms. The molecule has 0 aliphatic carbocycles. The van der Waals surface area contributed by atoms with Crippen molar-refractivity contribution in [1.29, 1.82) is 0 Å². The summed E-state index contributed by atoms with van der Waals surface area (Å²) in [4.78, 5) is 23.5. The molecule has 6 aromatic carbocycles. The first kappa shape index (κ1) is 31.5. The second-order valence-electron chi connectivity index (χ2n) is 13.2. The third kappa shape index (κ3) is 6.12. The summed E-state index contributed by atoms with van der Waals surface area (Å²) in [7, 11) is 0. The van der Waals surface area contributed by atoms with Crippen LogP contribution in [-0.4, -0.2) is 29.1 Å². The van der Waals surface area contributed by atoms with Crippen molar-refractivity contribution in [3.05, 3.63) is 154 Å². The number of aromatic nitrogens is 2. The highest BCUT2D eigenvalue weighted by atomic mass is 35.5. The van der Waals surface area contributed by atoms with Gasteiger partial charge in [0.25, 0.3) is 0 Å². The Hall–Kier alpha value is -6.22. The van der Waals surface area contributed by atoms with Crippen LogP contribution >= 0.6 is 23.2 Å². The topological polar surface area (TPSA) is 83.3 Å². The van der Waals surface area contributed by atoms with E-state index in [1.165, 1.54) is 22.5 Å². The molecule has 0 radical (unpaired) electrons.